The summed E-state index contributed by atoms with van der Waals surface area (Å²) in [4.78, 5) is 35.7. The minimum atomic E-state index is -1.11. The molecule has 2 aliphatic heterocycles. The standard InChI is InChI=1S/C11H12BrNO4S2/c1-5(14)18-3-6-4-19-10-11(2,12)9(17)13(10)7(6)8(15)16/h10H,3-4H2,1-2H3,(H,15,16)/t10-,11+/m1/s1. The highest BCUT2D eigenvalue weighted by Crippen LogP contribution is 2.50. The van der Waals surface area contributed by atoms with Crippen molar-refractivity contribution in [2.24, 2.45) is 0 Å². The van der Waals surface area contributed by atoms with Gasteiger partial charge in [-0.2, -0.15) is 0 Å². The van der Waals surface area contributed by atoms with Gasteiger partial charge in [-0.15, -0.1) is 11.8 Å². The molecule has 2 aliphatic rings. The average molecular weight is 366 g/mol. The van der Waals surface area contributed by atoms with Crippen molar-refractivity contribution >= 4 is 56.4 Å². The van der Waals surface area contributed by atoms with Crippen molar-refractivity contribution in [2.45, 2.75) is 23.5 Å². The first kappa shape index (κ1) is 14.9. The second-order valence-corrected chi connectivity index (χ2v) is 8.32. The predicted octanol–water partition coefficient (Wildman–Crippen LogP) is 1.67. The van der Waals surface area contributed by atoms with Gasteiger partial charge in [-0.05, 0) is 12.5 Å². The highest BCUT2D eigenvalue weighted by Gasteiger charge is 2.60. The van der Waals surface area contributed by atoms with Crippen LogP contribution in [0.4, 0.5) is 0 Å². The number of halogens is 1. The molecular weight excluding hydrogens is 354 g/mol. The molecule has 0 radical (unpaired) electrons. The maximum absolute atomic E-state index is 12.0. The monoisotopic (exact) mass is 365 g/mol. The van der Waals surface area contributed by atoms with Crippen LogP contribution in [-0.2, 0) is 14.4 Å². The molecule has 1 saturated heterocycles. The van der Waals surface area contributed by atoms with E-state index in [1.165, 1.54) is 23.6 Å². The summed E-state index contributed by atoms with van der Waals surface area (Å²) in [6, 6.07) is 0. The molecule has 0 aromatic heterocycles. The molecule has 104 valence electrons. The summed E-state index contributed by atoms with van der Waals surface area (Å²) in [5.74, 6) is -0.509. The second kappa shape index (κ2) is 5.14. The van der Waals surface area contributed by atoms with Crippen molar-refractivity contribution in [2.75, 3.05) is 11.5 Å². The van der Waals surface area contributed by atoms with Crippen molar-refractivity contribution < 1.29 is 19.5 Å². The molecule has 0 spiro atoms. The Morgan fingerprint density at radius 3 is 2.79 bits per heavy atom. The number of carboxylic acid groups (broad SMARTS) is 1. The molecule has 1 fully saturated rings. The fourth-order valence-corrected chi connectivity index (χ4v) is 4.94. The molecule has 5 nitrogen and oxygen atoms in total. The number of carboxylic acids is 1. The van der Waals surface area contributed by atoms with Gasteiger partial charge in [-0.1, -0.05) is 27.7 Å². The number of nitrogens with zero attached hydrogens (tertiary/aromatic N) is 1. The van der Waals surface area contributed by atoms with Crippen molar-refractivity contribution in [1.29, 1.82) is 0 Å². The number of carbonyl (C=O) groups is 3. The van der Waals surface area contributed by atoms with Crippen LogP contribution in [0, 0.1) is 0 Å². The van der Waals surface area contributed by atoms with Crippen LogP contribution in [0.15, 0.2) is 11.3 Å². The molecule has 0 aromatic carbocycles. The SMILES string of the molecule is CC(=O)SCC1=C(C(=O)O)N2C(=O)[C@](C)(Br)[C@H]2SC1. The van der Waals surface area contributed by atoms with E-state index in [2.05, 4.69) is 15.9 Å². The normalized spacial score (nSPS) is 29.9. The van der Waals surface area contributed by atoms with Crippen molar-refractivity contribution in [1.82, 2.24) is 4.90 Å². The van der Waals surface area contributed by atoms with Gasteiger partial charge in [-0.25, -0.2) is 4.79 Å². The lowest BCUT2D eigenvalue weighted by Crippen LogP contribution is -2.69. The molecule has 1 amide bonds. The van der Waals surface area contributed by atoms with Crippen molar-refractivity contribution in [3.63, 3.8) is 0 Å². The Kier molecular flexibility index (Phi) is 4.04. The Labute approximate surface area is 127 Å². The summed E-state index contributed by atoms with van der Waals surface area (Å²) in [6.45, 7) is 3.19. The Hall–Kier alpha value is -0.470. The molecule has 0 unspecified atom stereocenters. The first-order valence-electron chi connectivity index (χ1n) is 5.49. The molecular formula is C11H12BrNO4S2. The quantitative estimate of drug-likeness (QED) is 0.605. The van der Waals surface area contributed by atoms with Crippen LogP contribution >= 0.6 is 39.5 Å². The zero-order chi connectivity index (χ0) is 14.4. The number of thioether (sulfide) groups is 2. The average Bonchev–Trinajstić information content (AvgIpc) is 2.34. The number of alkyl halides is 1. The zero-order valence-electron chi connectivity index (χ0n) is 10.3. The van der Waals surface area contributed by atoms with E-state index in [-0.39, 0.29) is 22.1 Å². The number of hydrogen-bond acceptors (Lipinski definition) is 5. The number of amides is 1. The first-order valence-corrected chi connectivity index (χ1v) is 8.32. The third-order valence-corrected chi connectivity index (χ3v) is 6.47. The summed E-state index contributed by atoms with van der Waals surface area (Å²) in [5, 5.41) is 9.05. The van der Waals surface area contributed by atoms with Gasteiger partial charge in [0.2, 0.25) is 5.91 Å². The molecule has 19 heavy (non-hydrogen) atoms. The molecule has 2 atom stereocenters. The molecule has 2 heterocycles. The van der Waals surface area contributed by atoms with Crippen molar-refractivity contribution in [3.05, 3.63) is 11.3 Å². The molecule has 0 bridgehead atoms. The van der Waals surface area contributed by atoms with E-state index in [4.69, 9.17) is 0 Å². The number of carbonyl (C=O) groups excluding carboxylic acids is 2. The van der Waals surface area contributed by atoms with E-state index in [1.807, 2.05) is 0 Å². The fourth-order valence-electron chi connectivity index (χ4n) is 2.05. The molecule has 0 aromatic rings. The maximum Gasteiger partial charge on any atom is 0.352 e. The number of hydrogen-bond donors (Lipinski definition) is 1. The summed E-state index contributed by atoms with van der Waals surface area (Å²) >= 11 is 5.92. The minimum Gasteiger partial charge on any atom is -0.477 e. The predicted molar refractivity (Wildman–Crippen MR) is 78.2 cm³/mol. The summed E-state index contributed by atoms with van der Waals surface area (Å²) in [5.41, 5.74) is 0.671. The highest BCUT2D eigenvalue weighted by molar-refractivity contribution is 9.10. The number of fused-ring (bicyclic) bond motifs is 1. The summed E-state index contributed by atoms with van der Waals surface area (Å²) < 4.78 is -0.697. The molecule has 1 N–H and O–H groups in total. The molecule has 0 aliphatic carbocycles. The van der Waals surface area contributed by atoms with E-state index in [9.17, 15) is 19.5 Å². The van der Waals surface area contributed by atoms with E-state index in [1.54, 1.807) is 6.92 Å². The smallest absolute Gasteiger partial charge is 0.352 e. The van der Waals surface area contributed by atoms with E-state index >= 15 is 0 Å². The number of β-lactam (4-membered cyclic amide) rings is 1. The van der Waals surface area contributed by atoms with Gasteiger partial charge in [0.05, 0.1) is 0 Å². The maximum atomic E-state index is 12.0. The summed E-state index contributed by atoms with van der Waals surface area (Å²) in [6.07, 6.45) is 0. The Morgan fingerprint density at radius 2 is 2.26 bits per heavy atom. The van der Waals surface area contributed by atoms with Crippen LogP contribution in [0.3, 0.4) is 0 Å². The Bertz CT molecular complexity index is 503. The van der Waals surface area contributed by atoms with Crippen LogP contribution in [0.5, 0.6) is 0 Å². The first-order chi connectivity index (χ1) is 8.76. The van der Waals surface area contributed by atoms with Gasteiger partial charge in [0.1, 0.15) is 15.4 Å². The van der Waals surface area contributed by atoms with Crippen molar-refractivity contribution in [3.8, 4) is 0 Å². The molecule has 8 heteroatoms. The minimum absolute atomic E-state index is 0.0411. The van der Waals surface area contributed by atoms with Gasteiger partial charge in [0, 0.05) is 18.4 Å². The Balaban J connectivity index is 2.30. The summed E-state index contributed by atoms with van der Waals surface area (Å²) in [7, 11) is 0. The lowest BCUT2D eigenvalue weighted by molar-refractivity contribution is -0.148. The molecule has 2 rings (SSSR count). The third kappa shape index (κ3) is 2.45. The van der Waals surface area contributed by atoms with E-state index in [0.717, 1.165) is 11.8 Å². The zero-order valence-corrected chi connectivity index (χ0v) is 13.5. The van der Waals surface area contributed by atoms with Gasteiger partial charge < -0.3 is 5.11 Å². The topological polar surface area (TPSA) is 74.7 Å². The lowest BCUT2D eigenvalue weighted by Gasteiger charge is -2.53. The largest absolute Gasteiger partial charge is 0.477 e. The third-order valence-electron chi connectivity index (χ3n) is 2.98. The van der Waals surface area contributed by atoms with Gasteiger partial charge in [-0.3, -0.25) is 14.5 Å². The van der Waals surface area contributed by atoms with Gasteiger partial charge in [0.15, 0.2) is 5.12 Å². The lowest BCUT2D eigenvalue weighted by atomic mass is 9.97. The number of aliphatic carboxylic acids is 1. The molecule has 0 saturated carbocycles. The van der Waals surface area contributed by atoms with Crippen LogP contribution in [0.2, 0.25) is 0 Å². The van der Waals surface area contributed by atoms with Gasteiger partial charge in [0.25, 0.3) is 0 Å². The van der Waals surface area contributed by atoms with E-state index < -0.39 is 10.3 Å². The van der Waals surface area contributed by atoms with Gasteiger partial charge >= 0.3 is 5.97 Å². The highest BCUT2D eigenvalue weighted by atomic mass is 79.9. The van der Waals surface area contributed by atoms with Crippen LogP contribution < -0.4 is 0 Å². The Morgan fingerprint density at radius 1 is 1.63 bits per heavy atom. The fraction of sp³-hybridized carbons (Fsp3) is 0.545. The van der Waals surface area contributed by atoms with Crippen LogP contribution in [-0.4, -0.2) is 48.2 Å². The van der Waals surface area contributed by atoms with Crippen LogP contribution in [0.25, 0.3) is 0 Å². The second-order valence-electron chi connectivity index (χ2n) is 4.45. The van der Waals surface area contributed by atoms with E-state index in [0.29, 0.717) is 17.1 Å². The number of rotatable bonds is 3. The van der Waals surface area contributed by atoms with Crippen LogP contribution in [0.1, 0.15) is 13.8 Å².